The van der Waals surface area contributed by atoms with Gasteiger partial charge in [0.05, 0.1) is 0 Å². The summed E-state index contributed by atoms with van der Waals surface area (Å²) in [5.74, 6) is 0. The van der Waals surface area contributed by atoms with Crippen LogP contribution in [0.4, 0.5) is 0 Å². The fourth-order valence-corrected chi connectivity index (χ4v) is 3.71. The second-order valence-corrected chi connectivity index (χ2v) is 6.36. The van der Waals surface area contributed by atoms with Crippen molar-refractivity contribution < 1.29 is 4.42 Å². The molecule has 1 aromatic heterocycles. The van der Waals surface area contributed by atoms with Crippen molar-refractivity contribution in [3.63, 3.8) is 0 Å². The van der Waals surface area contributed by atoms with Crippen LogP contribution in [-0.2, 0) is 0 Å². The van der Waals surface area contributed by atoms with Crippen LogP contribution in [0.1, 0.15) is 11.1 Å². The fourth-order valence-electron chi connectivity index (χ4n) is 3.71. The SMILES string of the molecule is Cc1cccc2cc3oc4c5ccccc5c(C)cc4c3cc12. The number of hydrogen-bond acceptors (Lipinski definition) is 1. The summed E-state index contributed by atoms with van der Waals surface area (Å²) >= 11 is 0. The average Bonchev–Trinajstić information content (AvgIpc) is 2.92. The lowest BCUT2D eigenvalue weighted by Gasteiger charge is -2.03. The van der Waals surface area contributed by atoms with E-state index in [9.17, 15) is 0 Å². The van der Waals surface area contributed by atoms with Crippen LogP contribution in [0.3, 0.4) is 0 Å². The first-order chi connectivity index (χ1) is 11.2. The van der Waals surface area contributed by atoms with Crippen molar-refractivity contribution in [1.29, 1.82) is 0 Å². The lowest BCUT2D eigenvalue weighted by molar-refractivity contribution is 0.673. The quantitative estimate of drug-likeness (QED) is 0.317. The molecule has 0 aliphatic rings. The molecular formula is C22H16O. The molecule has 0 N–H and O–H groups in total. The van der Waals surface area contributed by atoms with Gasteiger partial charge >= 0.3 is 0 Å². The smallest absolute Gasteiger partial charge is 0.143 e. The third kappa shape index (κ3) is 1.68. The third-order valence-corrected chi connectivity index (χ3v) is 4.90. The molecule has 1 heteroatoms. The van der Waals surface area contributed by atoms with E-state index < -0.39 is 0 Å². The van der Waals surface area contributed by atoms with Gasteiger partial charge < -0.3 is 4.42 Å². The highest BCUT2D eigenvalue weighted by Crippen LogP contribution is 2.37. The van der Waals surface area contributed by atoms with Crippen molar-refractivity contribution >= 4 is 43.5 Å². The number of furan rings is 1. The Labute approximate surface area is 134 Å². The minimum absolute atomic E-state index is 0.967. The Morgan fingerprint density at radius 3 is 2.30 bits per heavy atom. The molecule has 0 unspecified atom stereocenters. The topological polar surface area (TPSA) is 13.1 Å². The van der Waals surface area contributed by atoms with Crippen LogP contribution in [0.2, 0.25) is 0 Å². The molecule has 0 atom stereocenters. The van der Waals surface area contributed by atoms with E-state index >= 15 is 0 Å². The molecule has 5 rings (SSSR count). The molecule has 0 saturated carbocycles. The van der Waals surface area contributed by atoms with E-state index in [4.69, 9.17) is 4.42 Å². The predicted molar refractivity (Wildman–Crippen MR) is 98.2 cm³/mol. The summed E-state index contributed by atoms with van der Waals surface area (Å²) in [6, 6.07) is 21.6. The first-order valence-electron chi connectivity index (χ1n) is 7.96. The van der Waals surface area contributed by atoms with Crippen LogP contribution < -0.4 is 0 Å². The summed E-state index contributed by atoms with van der Waals surface area (Å²) < 4.78 is 6.27. The van der Waals surface area contributed by atoms with Crippen LogP contribution in [0, 0.1) is 13.8 Å². The highest BCUT2D eigenvalue weighted by Gasteiger charge is 2.13. The maximum absolute atomic E-state index is 6.27. The zero-order valence-corrected chi connectivity index (χ0v) is 13.2. The predicted octanol–water partition coefficient (Wildman–Crippen LogP) is 6.51. The summed E-state index contributed by atoms with van der Waals surface area (Å²) in [7, 11) is 0. The van der Waals surface area contributed by atoms with Crippen molar-refractivity contribution in [3.05, 3.63) is 71.8 Å². The number of fused-ring (bicyclic) bond motifs is 6. The average molecular weight is 296 g/mol. The Kier molecular flexibility index (Phi) is 2.41. The van der Waals surface area contributed by atoms with Crippen molar-refractivity contribution in [2.45, 2.75) is 13.8 Å². The highest BCUT2D eigenvalue weighted by molar-refractivity contribution is 6.18. The van der Waals surface area contributed by atoms with E-state index in [-0.39, 0.29) is 0 Å². The second kappa shape index (κ2) is 4.36. The minimum atomic E-state index is 0.967. The van der Waals surface area contributed by atoms with Crippen molar-refractivity contribution in [2.75, 3.05) is 0 Å². The van der Waals surface area contributed by atoms with Gasteiger partial charge in [-0.25, -0.2) is 0 Å². The monoisotopic (exact) mass is 296 g/mol. The van der Waals surface area contributed by atoms with E-state index in [1.54, 1.807) is 0 Å². The number of benzene rings is 4. The summed E-state index contributed by atoms with van der Waals surface area (Å²) in [5, 5.41) is 7.40. The van der Waals surface area contributed by atoms with Gasteiger partial charge in [-0.05, 0) is 59.3 Å². The zero-order chi connectivity index (χ0) is 15.6. The van der Waals surface area contributed by atoms with Crippen molar-refractivity contribution in [2.24, 2.45) is 0 Å². The standard InChI is InChI=1S/C22H16O/c1-13-6-5-7-15-11-21-19(12-18(13)15)20-10-14(2)16-8-3-4-9-17(16)22(20)23-21/h3-12H,1-2H3. The van der Waals surface area contributed by atoms with Gasteiger partial charge in [0.15, 0.2) is 0 Å². The zero-order valence-electron chi connectivity index (χ0n) is 13.2. The summed E-state index contributed by atoms with van der Waals surface area (Å²) in [6.07, 6.45) is 0. The van der Waals surface area contributed by atoms with E-state index in [0.717, 1.165) is 11.2 Å². The van der Waals surface area contributed by atoms with Crippen LogP contribution >= 0.6 is 0 Å². The van der Waals surface area contributed by atoms with Gasteiger partial charge in [0.2, 0.25) is 0 Å². The van der Waals surface area contributed by atoms with Gasteiger partial charge in [0, 0.05) is 16.2 Å². The Balaban J connectivity index is 2.05. The van der Waals surface area contributed by atoms with Crippen molar-refractivity contribution in [1.82, 2.24) is 0 Å². The Morgan fingerprint density at radius 2 is 1.43 bits per heavy atom. The number of hydrogen-bond donors (Lipinski definition) is 0. The molecule has 0 bridgehead atoms. The van der Waals surface area contributed by atoms with E-state index in [1.807, 2.05) is 0 Å². The van der Waals surface area contributed by atoms with Crippen LogP contribution in [0.5, 0.6) is 0 Å². The van der Waals surface area contributed by atoms with Crippen LogP contribution in [0.25, 0.3) is 43.5 Å². The molecule has 0 aliphatic carbocycles. The Morgan fingerprint density at radius 1 is 0.609 bits per heavy atom. The van der Waals surface area contributed by atoms with Gasteiger partial charge in [-0.1, -0.05) is 42.5 Å². The Hall–Kier alpha value is -2.80. The maximum Gasteiger partial charge on any atom is 0.143 e. The normalized spacial score (nSPS) is 11.9. The Bertz CT molecular complexity index is 1220. The largest absolute Gasteiger partial charge is 0.455 e. The molecule has 0 aliphatic heterocycles. The molecule has 0 radical (unpaired) electrons. The van der Waals surface area contributed by atoms with Gasteiger partial charge in [0.1, 0.15) is 11.2 Å². The molecule has 23 heavy (non-hydrogen) atoms. The van der Waals surface area contributed by atoms with Gasteiger partial charge in [-0.2, -0.15) is 0 Å². The number of rotatable bonds is 0. The molecular weight excluding hydrogens is 280 g/mol. The van der Waals surface area contributed by atoms with E-state index in [2.05, 4.69) is 74.5 Å². The lowest BCUT2D eigenvalue weighted by atomic mass is 9.99. The second-order valence-electron chi connectivity index (χ2n) is 6.36. The van der Waals surface area contributed by atoms with Gasteiger partial charge in [0.25, 0.3) is 0 Å². The van der Waals surface area contributed by atoms with Crippen molar-refractivity contribution in [3.8, 4) is 0 Å². The highest BCUT2D eigenvalue weighted by atomic mass is 16.3. The lowest BCUT2D eigenvalue weighted by Crippen LogP contribution is -1.80. The van der Waals surface area contributed by atoms with E-state index in [0.29, 0.717) is 0 Å². The maximum atomic E-state index is 6.27. The molecule has 0 fully saturated rings. The molecule has 5 aromatic rings. The number of aryl methyl sites for hydroxylation is 2. The molecule has 0 saturated heterocycles. The third-order valence-electron chi connectivity index (χ3n) is 4.90. The minimum Gasteiger partial charge on any atom is -0.455 e. The summed E-state index contributed by atoms with van der Waals surface area (Å²) in [5.41, 5.74) is 4.56. The van der Waals surface area contributed by atoms with Gasteiger partial charge in [-0.3, -0.25) is 0 Å². The fraction of sp³-hybridized carbons (Fsp3) is 0.0909. The van der Waals surface area contributed by atoms with Crippen LogP contribution in [-0.4, -0.2) is 0 Å². The molecule has 1 heterocycles. The molecule has 4 aromatic carbocycles. The van der Waals surface area contributed by atoms with Gasteiger partial charge in [-0.15, -0.1) is 0 Å². The molecule has 0 spiro atoms. The summed E-state index contributed by atoms with van der Waals surface area (Å²) in [6.45, 7) is 4.34. The first kappa shape index (κ1) is 12.7. The summed E-state index contributed by atoms with van der Waals surface area (Å²) in [4.78, 5) is 0. The molecule has 1 nitrogen and oxygen atoms in total. The molecule has 0 amide bonds. The first-order valence-corrected chi connectivity index (χ1v) is 7.96. The molecule has 110 valence electrons. The van der Waals surface area contributed by atoms with Crippen LogP contribution in [0.15, 0.2) is 65.1 Å². The van der Waals surface area contributed by atoms with E-state index in [1.165, 1.54) is 43.4 Å².